The van der Waals surface area contributed by atoms with Crippen molar-refractivity contribution in [2.24, 2.45) is 0 Å². The molecule has 0 radical (unpaired) electrons. The number of rotatable bonds is 5. The monoisotopic (exact) mass is 350 g/mol. The number of nitrogens with zero attached hydrogens (tertiary/aromatic N) is 2. The van der Waals surface area contributed by atoms with E-state index >= 15 is 0 Å². The van der Waals surface area contributed by atoms with Gasteiger partial charge in [0.15, 0.2) is 10.9 Å². The molecule has 0 aliphatic heterocycles. The molecule has 1 atom stereocenters. The van der Waals surface area contributed by atoms with Crippen LogP contribution < -0.4 is 10.6 Å². The van der Waals surface area contributed by atoms with Gasteiger partial charge in [-0.25, -0.2) is 0 Å². The van der Waals surface area contributed by atoms with Gasteiger partial charge in [0.25, 0.3) is 0 Å². The van der Waals surface area contributed by atoms with Gasteiger partial charge in [0.05, 0.1) is 12.6 Å². The van der Waals surface area contributed by atoms with Crippen LogP contribution >= 0.6 is 12.2 Å². The van der Waals surface area contributed by atoms with Crippen LogP contribution in [0.3, 0.4) is 0 Å². The fourth-order valence-electron chi connectivity index (χ4n) is 2.65. The van der Waals surface area contributed by atoms with Crippen molar-refractivity contribution in [3.8, 4) is 0 Å². The van der Waals surface area contributed by atoms with Crippen molar-refractivity contribution in [3.63, 3.8) is 0 Å². The Hall–Kier alpha value is -2.66. The second-order valence-corrected chi connectivity index (χ2v) is 6.46. The molecule has 25 heavy (non-hydrogen) atoms. The fourth-order valence-corrected chi connectivity index (χ4v) is 2.93. The molecule has 1 heterocycles. The first-order valence-electron chi connectivity index (χ1n) is 8.32. The van der Waals surface area contributed by atoms with Gasteiger partial charge in [-0.05, 0) is 42.8 Å². The van der Waals surface area contributed by atoms with Crippen LogP contribution in [0.15, 0.2) is 66.9 Å². The average molecular weight is 350 g/mol. The molecule has 0 amide bonds. The van der Waals surface area contributed by atoms with E-state index in [-0.39, 0.29) is 6.04 Å². The van der Waals surface area contributed by atoms with Crippen LogP contribution in [0.1, 0.15) is 29.7 Å². The first-order chi connectivity index (χ1) is 12.1. The van der Waals surface area contributed by atoms with Crippen LogP contribution in [0.25, 0.3) is 0 Å². The zero-order valence-electron chi connectivity index (χ0n) is 14.4. The third-order valence-electron chi connectivity index (χ3n) is 4.12. The number of benzene rings is 2. The topological polar surface area (TPSA) is 41.9 Å². The van der Waals surface area contributed by atoms with Gasteiger partial charge in [-0.1, -0.05) is 54.6 Å². The van der Waals surface area contributed by atoms with Gasteiger partial charge in [-0.15, -0.1) is 0 Å². The van der Waals surface area contributed by atoms with Gasteiger partial charge < -0.3 is 10.6 Å². The van der Waals surface area contributed by atoms with E-state index in [4.69, 9.17) is 12.2 Å². The average Bonchev–Trinajstić information content (AvgIpc) is 3.04. The molecule has 3 rings (SSSR count). The molecule has 0 bridgehead atoms. The minimum Gasteiger partial charge on any atom is -0.356 e. The summed E-state index contributed by atoms with van der Waals surface area (Å²) in [6, 6.07) is 20.6. The third kappa shape index (κ3) is 4.67. The first kappa shape index (κ1) is 17.2. The molecule has 2 N–H and O–H groups in total. The molecule has 1 aromatic heterocycles. The number of hydrogen-bond donors (Lipinski definition) is 2. The highest BCUT2D eigenvalue weighted by Crippen LogP contribution is 2.13. The Morgan fingerprint density at radius 2 is 1.80 bits per heavy atom. The maximum atomic E-state index is 5.40. The van der Waals surface area contributed by atoms with Crippen molar-refractivity contribution < 1.29 is 0 Å². The van der Waals surface area contributed by atoms with E-state index < -0.39 is 0 Å². The molecule has 0 saturated heterocycles. The molecule has 0 fully saturated rings. The van der Waals surface area contributed by atoms with Gasteiger partial charge in [0, 0.05) is 12.3 Å². The molecule has 2 aromatic carbocycles. The molecule has 0 aliphatic carbocycles. The number of aryl methyl sites for hydroxylation is 1. The Balaban J connectivity index is 1.58. The summed E-state index contributed by atoms with van der Waals surface area (Å²) in [7, 11) is 0. The lowest BCUT2D eigenvalue weighted by Crippen LogP contribution is -2.31. The van der Waals surface area contributed by atoms with Crippen LogP contribution in [0, 0.1) is 6.92 Å². The summed E-state index contributed by atoms with van der Waals surface area (Å²) in [5.74, 6) is 0.742. The number of aromatic nitrogens is 2. The van der Waals surface area contributed by atoms with Gasteiger partial charge in [0.1, 0.15) is 0 Å². The van der Waals surface area contributed by atoms with Crippen molar-refractivity contribution in [2.45, 2.75) is 26.4 Å². The zero-order valence-corrected chi connectivity index (χ0v) is 15.3. The highest BCUT2D eigenvalue weighted by Gasteiger charge is 2.08. The van der Waals surface area contributed by atoms with Crippen molar-refractivity contribution in [1.82, 2.24) is 15.1 Å². The Morgan fingerprint density at radius 3 is 2.56 bits per heavy atom. The first-order valence-corrected chi connectivity index (χ1v) is 8.73. The van der Waals surface area contributed by atoms with E-state index in [9.17, 15) is 0 Å². The second kappa shape index (κ2) is 7.94. The molecular formula is C20H22N4S. The number of thiocarbonyl (C=S) groups is 1. The number of hydrogen-bond acceptors (Lipinski definition) is 2. The molecule has 128 valence electrons. The van der Waals surface area contributed by atoms with E-state index in [0.29, 0.717) is 5.11 Å². The lowest BCUT2D eigenvalue weighted by molar-refractivity contribution is 0.686. The van der Waals surface area contributed by atoms with E-state index in [2.05, 4.69) is 59.9 Å². The SMILES string of the molecule is Cc1ccccc1Cn1ccc(NC(=S)NC(C)c2ccccc2)n1. The van der Waals surface area contributed by atoms with Gasteiger partial charge in [-0.2, -0.15) is 5.10 Å². The Kier molecular flexibility index (Phi) is 5.46. The lowest BCUT2D eigenvalue weighted by atomic mass is 10.1. The number of nitrogens with one attached hydrogen (secondary N) is 2. The van der Waals surface area contributed by atoms with Crippen LogP contribution in [0.2, 0.25) is 0 Å². The maximum absolute atomic E-state index is 5.40. The van der Waals surface area contributed by atoms with Crippen LogP contribution in [0.4, 0.5) is 5.82 Å². The highest BCUT2D eigenvalue weighted by molar-refractivity contribution is 7.80. The third-order valence-corrected chi connectivity index (χ3v) is 4.34. The van der Waals surface area contributed by atoms with E-state index in [0.717, 1.165) is 12.4 Å². The van der Waals surface area contributed by atoms with E-state index in [1.807, 2.05) is 41.2 Å². The predicted octanol–water partition coefficient (Wildman–Crippen LogP) is 4.29. The van der Waals surface area contributed by atoms with E-state index in [1.165, 1.54) is 16.7 Å². The summed E-state index contributed by atoms with van der Waals surface area (Å²) in [4.78, 5) is 0. The van der Waals surface area contributed by atoms with Gasteiger partial charge >= 0.3 is 0 Å². The second-order valence-electron chi connectivity index (χ2n) is 6.06. The summed E-state index contributed by atoms with van der Waals surface area (Å²) in [6.07, 6.45) is 1.96. The quantitative estimate of drug-likeness (QED) is 0.674. The molecule has 0 aliphatic rings. The van der Waals surface area contributed by atoms with Crippen LogP contribution in [-0.2, 0) is 6.54 Å². The minimum absolute atomic E-state index is 0.134. The Labute approximate surface area is 153 Å². The van der Waals surface area contributed by atoms with Crippen LogP contribution in [0.5, 0.6) is 0 Å². The summed E-state index contributed by atoms with van der Waals surface area (Å²) in [5.41, 5.74) is 3.72. The van der Waals surface area contributed by atoms with Gasteiger partial charge in [0.2, 0.25) is 0 Å². The molecular weight excluding hydrogens is 328 g/mol. The highest BCUT2D eigenvalue weighted by atomic mass is 32.1. The molecule has 0 spiro atoms. The van der Waals surface area contributed by atoms with Crippen molar-refractivity contribution in [3.05, 3.63) is 83.6 Å². The van der Waals surface area contributed by atoms with Crippen molar-refractivity contribution in [1.29, 1.82) is 0 Å². The summed E-state index contributed by atoms with van der Waals surface area (Å²) in [6.45, 7) is 4.94. The molecule has 3 aromatic rings. The van der Waals surface area contributed by atoms with Crippen molar-refractivity contribution in [2.75, 3.05) is 5.32 Å². The minimum atomic E-state index is 0.134. The summed E-state index contributed by atoms with van der Waals surface area (Å²) < 4.78 is 1.91. The smallest absolute Gasteiger partial charge is 0.172 e. The maximum Gasteiger partial charge on any atom is 0.172 e. The Bertz CT molecular complexity index is 842. The zero-order chi connectivity index (χ0) is 17.6. The fraction of sp³-hybridized carbons (Fsp3) is 0.200. The van der Waals surface area contributed by atoms with Crippen molar-refractivity contribution >= 4 is 23.1 Å². The Morgan fingerprint density at radius 1 is 1.08 bits per heavy atom. The van der Waals surface area contributed by atoms with E-state index in [1.54, 1.807) is 0 Å². The molecule has 4 nitrogen and oxygen atoms in total. The van der Waals surface area contributed by atoms with Gasteiger partial charge in [-0.3, -0.25) is 4.68 Å². The standard InChI is InChI=1S/C20H22N4S/c1-15-8-6-7-11-18(15)14-24-13-12-19(23-24)22-20(25)21-16(2)17-9-4-3-5-10-17/h3-13,16H,14H2,1-2H3,(H2,21,22,23,25). The summed E-state index contributed by atoms with van der Waals surface area (Å²) in [5, 5.41) is 11.5. The number of anilines is 1. The molecule has 5 heteroatoms. The largest absolute Gasteiger partial charge is 0.356 e. The molecule has 1 unspecified atom stereocenters. The predicted molar refractivity (Wildman–Crippen MR) is 107 cm³/mol. The van der Waals surface area contributed by atoms with Crippen LogP contribution in [-0.4, -0.2) is 14.9 Å². The molecule has 0 saturated carbocycles. The normalized spacial score (nSPS) is 11.8. The lowest BCUT2D eigenvalue weighted by Gasteiger charge is -2.16. The summed E-state index contributed by atoms with van der Waals surface area (Å²) >= 11 is 5.40.